The molecule has 0 aliphatic rings. The number of rotatable bonds is 2. The van der Waals surface area contributed by atoms with Crippen LogP contribution in [-0.4, -0.2) is 7.11 Å². The molecule has 2 heteroatoms. The quantitative estimate of drug-likeness (QED) is 0.686. The molecule has 1 aromatic rings. The molecule has 0 aliphatic carbocycles. The molecule has 0 unspecified atom stereocenters. The Morgan fingerprint density at radius 1 is 1.42 bits per heavy atom. The van der Waals surface area contributed by atoms with E-state index in [1.54, 1.807) is 7.11 Å². The lowest BCUT2D eigenvalue weighted by molar-refractivity contribution is 0.410. The summed E-state index contributed by atoms with van der Waals surface area (Å²) in [6, 6.07) is 3.89. The maximum atomic E-state index is 5.96. The van der Waals surface area contributed by atoms with E-state index in [0.717, 1.165) is 12.2 Å². The summed E-state index contributed by atoms with van der Waals surface area (Å²) in [5.41, 5.74) is 2.43. The lowest BCUT2D eigenvalue weighted by atomic mass is 10.1. The fourth-order valence-electron chi connectivity index (χ4n) is 1.36. The maximum Gasteiger partial charge on any atom is 0.140 e. The fraction of sp³-hybridized carbons (Fsp3) is 0.400. The minimum Gasteiger partial charge on any atom is -0.495 e. The fourth-order valence-corrected chi connectivity index (χ4v) is 1.61. The van der Waals surface area contributed by atoms with Gasteiger partial charge in [-0.2, -0.15) is 0 Å². The van der Waals surface area contributed by atoms with Crippen molar-refractivity contribution in [3.05, 3.63) is 28.3 Å². The number of halogens is 1. The van der Waals surface area contributed by atoms with Crippen LogP contribution in [0.15, 0.2) is 12.1 Å². The third-order valence-electron chi connectivity index (χ3n) is 2.00. The third kappa shape index (κ3) is 1.56. The van der Waals surface area contributed by atoms with Crippen LogP contribution in [0.3, 0.4) is 0 Å². The first kappa shape index (κ1) is 9.40. The molecule has 0 saturated heterocycles. The van der Waals surface area contributed by atoms with Crippen LogP contribution in [0.5, 0.6) is 5.75 Å². The van der Waals surface area contributed by atoms with Crippen molar-refractivity contribution < 1.29 is 4.74 Å². The minimum absolute atomic E-state index is 0.694. The SMILES string of the molecule is CCc1c(C)ccc(Cl)c1OC. The summed E-state index contributed by atoms with van der Waals surface area (Å²) in [6.07, 6.45) is 0.954. The molecule has 0 aliphatic heterocycles. The zero-order valence-corrected chi connectivity index (χ0v) is 8.40. The van der Waals surface area contributed by atoms with Crippen LogP contribution < -0.4 is 4.74 Å². The molecule has 0 bridgehead atoms. The number of aryl methyl sites for hydroxylation is 1. The largest absolute Gasteiger partial charge is 0.495 e. The van der Waals surface area contributed by atoms with Crippen molar-refractivity contribution in [2.45, 2.75) is 20.3 Å². The Hall–Kier alpha value is -0.690. The Morgan fingerprint density at radius 2 is 2.08 bits per heavy atom. The molecular formula is C10H13ClO. The van der Waals surface area contributed by atoms with Gasteiger partial charge in [0.15, 0.2) is 0 Å². The Morgan fingerprint density at radius 3 is 2.50 bits per heavy atom. The second kappa shape index (κ2) is 3.81. The molecule has 1 rings (SSSR count). The van der Waals surface area contributed by atoms with E-state index in [0.29, 0.717) is 5.02 Å². The first-order chi connectivity index (χ1) is 5.70. The molecule has 0 atom stereocenters. The van der Waals surface area contributed by atoms with Gasteiger partial charge in [-0.05, 0) is 30.5 Å². The van der Waals surface area contributed by atoms with Crippen molar-refractivity contribution in [1.29, 1.82) is 0 Å². The van der Waals surface area contributed by atoms with Crippen LogP contribution in [0.1, 0.15) is 18.1 Å². The van der Waals surface area contributed by atoms with E-state index in [1.165, 1.54) is 11.1 Å². The van der Waals surface area contributed by atoms with Crippen molar-refractivity contribution in [1.82, 2.24) is 0 Å². The lowest BCUT2D eigenvalue weighted by Gasteiger charge is -2.10. The predicted molar refractivity (Wildman–Crippen MR) is 52.1 cm³/mol. The van der Waals surface area contributed by atoms with Crippen molar-refractivity contribution in [3.63, 3.8) is 0 Å². The van der Waals surface area contributed by atoms with Gasteiger partial charge >= 0.3 is 0 Å². The Bertz CT molecular complexity index is 252. The molecule has 66 valence electrons. The van der Waals surface area contributed by atoms with Crippen LogP contribution in [-0.2, 0) is 6.42 Å². The first-order valence-corrected chi connectivity index (χ1v) is 4.40. The maximum absolute atomic E-state index is 5.96. The highest BCUT2D eigenvalue weighted by atomic mass is 35.5. The molecule has 0 saturated carbocycles. The Kier molecular flexibility index (Phi) is 2.99. The molecule has 12 heavy (non-hydrogen) atoms. The van der Waals surface area contributed by atoms with Gasteiger partial charge in [-0.1, -0.05) is 24.6 Å². The summed E-state index contributed by atoms with van der Waals surface area (Å²) >= 11 is 5.96. The van der Waals surface area contributed by atoms with E-state index in [4.69, 9.17) is 16.3 Å². The van der Waals surface area contributed by atoms with E-state index in [1.807, 2.05) is 12.1 Å². The number of hydrogen-bond acceptors (Lipinski definition) is 1. The van der Waals surface area contributed by atoms with Gasteiger partial charge in [0.25, 0.3) is 0 Å². The van der Waals surface area contributed by atoms with Gasteiger partial charge in [-0.25, -0.2) is 0 Å². The minimum atomic E-state index is 0.694. The zero-order valence-electron chi connectivity index (χ0n) is 7.65. The van der Waals surface area contributed by atoms with Gasteiger partial charge < -0.3 is 4.74 Å². The van der Waals surface area contributed by atoms with Crippen LogP contribution >= 0.6 is 11.6 Å². The average Bonchev–Trinajstić information content (AvgIpc) is 2.08. The molecule has 0 fully saturated rings. The normalized spacial score (nSPS) is 10.0. The van der Waals surface area contributed by atoms with Crippen molar-refractivity contribution in [2.75, 3.05) is 7.11 Å². The third-order valence-corrected chi connectivity index (χ3v) is 2.30. The van der Waals surface area contributed by atoms with Gasteiger partial charge in [-0.15, -0.1) is 0 Å². The number of benzene rings is 1. The van der Waals surface area contributed by atoms with Crippen molar-refractivity contribution >= 4 is 11.6 Å². The summed E-state index contributed by atoms with van der Waals surface area (Å²) in [4.78, 5) is 0. The highest BCUT2D eigenvalue weighted by Gasteiger charge is 2.07. The molecule has 1 aromatic carbocycles. The van der Waals surface area contributed by atoms with E-state index in [9.17, 15) is 0 Å². The molecule has 0 amide bonds. The highest BCUT2D eigenvalue weighted by Crippen LogP contribution is 2.30. The molecule has 0 aromatic heterocycles. The summed E-state index contributed by atoms with van der Waals surface area (Å²) in [6.45, 7) is 4.17. The van der Waals surface area contributed by atoms with Gasteiger partial charge in [0.2, 0.25) is 0 Å². The van der Waals surface area contributed by atoms with Crippen LogP contribution in [0, 0.1) is 6.92 Å². The standard InChI is InChI=1S/C10H13ClO/c1-4-8-7(2)5-6-9(11)10(8)12-3/h5-6H,4H2,1-3H3. The molecule has 0 spiro atoms. The van der Waals surface area contributed by atoms with Crippen LogP contribution in [0.2, 0.25) is 5.02 Å². The first-order valence-electron chi connectivity index (χ1n) is 4.02. The van der Waals surface area contributed by atoms with E-state index in [2.05, 4.69) is 13.8 Å². The monoisotopic (exact) mass is 184 g/mol. The second-order valence-corrected chi connectivity index (χ2v) is 3.14. The van der Waals surface area contributed by atoms with E-state index in [-0.39, 0.29) is 0 Å². The number of ether oxygens (including phenoxy) is 1. The van der Waals surface area contributed by atoms with Gasteiger partial charge in [0, 0.05) is 0 Å². The number of hydrogen-bond donors (Lipinski definition) is 0. The van der Waals surface area contributed by atoms with Gasteiger partial charge in [0.1, 0.15) is 5.75 Å². The lowest BCUT2D eigenvalue weighted by Crippen LogP contribution is -1.94. The Balaban J connectivity index is 3.28. The summed E-state index contributed by atoms with van der Waals surface area (Å²) < 4.78 is 5.22. The van der Waals surface area contributed by atoms with Gasteiger partial charge in [0.05, 0.1) is 12.1 Å². The van der Waals surface area contributed by atoms with Gasteiger partial charge in [-0.3, -0.25) is 0 Å². The molecule has 0 N–H and O–H groups in total. The smallest absolute Gasteiger partial charge is 0.140 e. The summed E-state index contributed by atoms with van der Waals surface area (Å²) in [7, 11) is 1.65. The second-order valence-electron chi connectivity index (χ2n) is 2.73. The average molecular weight is 185 g/mol. The molecule has 0 radical (unpaired) electrons. The van der Waals surface area contributed by atoms with Crippen LogP contribution in [0.25, 0.3) is 0 Å². The molecular weight excluding hydrogens is 172 g/mol. The zero-order chi connectivity index (χ0) is 9.14. The number of methoxy groups -OCH3 is 1. The van der Waals surface area contributed by atoms with E-state index < -0.39 is 0 Å². The predicted octanol–water partition coefficient (Wildman–Crippen LogP) is 3.22. The highest BCUT2D eigenvalue weighted by molar-refractivity contribution is 6.32. The molecule has 1 nitrogen and oxygen atoms in total. The topological polar surface area (TPSA) is 9.23 Å². The molecule has 0 heterocycles. The summed E-state index contributed by atoms with van der Waals surface area (Å²) in [5, 5.41) is 0.694. The summed E-state index contributed by atoms with van der Waals surface area (Å²) in [5.74, 6) is 0.819. The van der Waals surface area contributed by atoms with Crippen molar-refractivity contribution in [2.24, 2.45) is 0 Å². The van der Waals surface area contributed by atoms with Crippen LogP contribution in [0.4, 0.5) is 0 Å². The van der Waals surface area contributed by atoms with E-state index >= 15 is 0 Å². The Labute approximate surface area is 78.3 Å². The van der Waals surface area contributed by atoms with Crippen molar-refractivity contribution in [3.8, 4) is 5.75 Å².